The van der Waals surface area contributed by atoms with Crippen molar-refractivity contribution < 1.29 is 9.66 Å². The van der Waals surface area contributed by atoms with E-state index in [4.69, 9.17) is 4.74 Å². The lowest BCUT2D eigenvalue weighted by Crippen LogP contribution is -2.29. The van der Waals surface area contributed by atoms with Crippen molar-refractivity contribution >= 4 is 11.8 Å². The van der Waals surface area contributed by atoms with Gasteiger partial charge in [-0.2, -0.15) is 0 Å². The minimum Gasteiger partial charge on any atom is -0.493 e. The molecule has 0 aliphatic carbocycles. The molecule has 0 unspecified atom stereocenters. The molecule has 0 amide bonds. The van der Waals surface area contributed by atoms with E-state index in [9.17, 15) is 10.1 Å². The molecule has 0 atom stereocenters. The van der Waals surface area contributed by atoms with Crippen LogP contribution < -0.4 is 10.1 Å². The molecule has 0 saturated carbocycles. The number of nitrogens with one attached hydrogen (secondary N) is 1. The van der Waals surface area contributed by atoms with Gasteiger partial charge in [-0.05, 0) is 44.7 Å². The van der Waals surface area contributed by atoms with Gasteiger partial charge in [0.05, 0.1) is 11.5 Å². The Morgan fingerprint density at radius 2 is 2.12 bits per heavy atom. The van der Waals surface area contributed by atoms with Crippen LogP contribution in [0, 0.1) is 10.1 Å². The monoisotopic (exact) mass is 365 g/mol. The Bertz CT molecular complexity index is 574. The highest BCUT2D eigenvalue weighted by Gasteiger charge is 2.12. The van der Waals surface area contributed by atoms with Gasteiger partial charge in [-0.15, -0.1) is 11.8 Å². The maximum absolute atomic E-state index is 10.5. The van der Waals surface area contributed by atoms with Crippen LogP contribution in [0.4, 0.5) is 0 Å². The number of nitro groups is 1. The van der Waals surface area contributed by atoms with E-state index >= 15 is 0 Å². The molecule has 6 nitrogen and oxygen atoms in total. The fourth-order valence-corrected chi connectivity index (χ4v) is 3.30. The van der Waals surface area contributed by atoms with E-state index in [1.807, 2.05) is 18.4 Å². The van der Waals surface area contributed by atoms with Crippen LogP contribution in [0.15, 0.2) is 35.5 Å². The molecular weight excluding hydrogens is 338 g/mol. The van der Waals surface area contributed by atoms with Crippen molar-refractivity contribution in [1.82, 2.24) is 10.2 Å². The van der Waals surface area contributed by atoms with E-state index in [-0.39, 0.29) is 0 Å². The largest absolute Gasteiger partial charge is 0.493 e. The molecule has 2 rings (SSSR count). The lowest BCUT2D eigenvalue weighted by Gasteiger charge is -2.27. The van der Waals surface area contributed by atoms with Crippen LogP contribution in [0.2, 0.25) is 0 Å². The summed E-state index contributed by atoms with van der Waals surface area (Å²) in [4.78, 5) is 12.5. The zero-order chi connectivity index (χ0) is 17.9. The average molecular weight is 365 g/mol. The molecule has 1 aromatic carbocycles. The molecule has 1 heterocycles. The van der Waals surface area contributed by atoms with E-state index in [0.717, 1.165) is 24.9 Å². The minimum atomic E-state index is -0.438. The Kier molecular flexibility index (Phi) is 8.62. The molecule has 1 aromatic rings. The summed E-state index contributed by atoms with van der Waals surface area (Å²) in [5.74, 6) is 0.944. The van der Waals surface area contributed by atoms with Crippen molar-refractivity contribution in [2.24, 2.45) is 0 Å². The van der Waals surface area contributed by atoms with Gasteiger partial charge in [-0.25, -0.2) is 0 Å². The molecule has 1 N–H and O–H groups in total. The van der Waals surface area contributed by atoms with Crippen molar-refractivity contribution in [1.29, 1.82) is 0 Å². The Morgan fingerprint density at radius 1 is 1.36 bits per heavy atom. The fourth-order valence-electron chi connectivity index (χ4n) is 2.87. The van der Waals surface area contributed by atoms with Gasteiger partial charge in [-0.1, -0.05) is 24.6 Å². The van der Waals surface area contributed by atoms with Gasteiger partial charge >= 0.3 is 0 Å². The normalized spacial score (nSPS) is 15.8. The number of hydrogen-bond donors (Lipinski definition) is 1. The number of para-hydroxylation sites is 1. The van der Waals surface area contributed by atoms with E-state index in [1.54, 1.807) is 0 Å². The van der Waals surface area contributed by atoms with Crippen LogP contribution in [0.1, 0.15) is 31.2 Å². The molecule has 1 aliphatic heterocycles. The molecule has 7 heteroatoms. The molecular formula is C18H27N3O3S. The van der Waals surface area contributed by atoms with E-state index in [0.29, 0.717) is 18.2 Å². The fraction of sp³-hybridized carbons (Fsp3) is 0.556. The van der Waals surface area contributed by atoms with Crippen molar-refractivity contribution in [2.45, 2.75) is 32.2 Å². The third-order valence-electron chi connectivity index (χ3n) is 4.14. The summed E-state index contributed by atoms with van der Waals surface area (Å²) in [7, 11) is 0. The number of nitrogens with zero attached hydrogens (tertiary/aromatic N) is 2. The third kappa shape index (κ3) is 7.36. The van der Waals surface area contributed by atoms with Gasteiger partial charge in [0.1, 0.15) is 10.8 Å². The number of ether oxygens (including phenoxy) is 1. The Balaban J connectivity index is 1.76. The zero-order valence-corrected chi connectivity index (χ0v) is 15.6. The average Bonchev–Trinajstić information content (AvgIpc) is 2.62. The smallest absolute Gasteiger partial charge is 0.263 e. The van der Waals surface area contributed by atoms with Crippen LogP contribution in [0.3, 0.4) is 0 Å². The Hall–Kier alpha value is -1.73. The highest BCUT2D eigenvalue weighted by atomic mass is 32.2. The van der Waals surface area contributed by atoms with Crippen molar-refractivity contribution in [2.75, 3.05) is 32.5 Å². The summed E-state index contributed by atoms with van der Waals surface area (Å²) < 4.78 is 5.95. The minimum absolute atomic E-state index is 0.438. The summed E-state index contributed by atoms with van der Waals surface area (Å²) in [5, 5.41) is 14.1. The van der Waals surface area contributed by atoms with Gasteiger partial charge < -0.3 is 10.1 Å². The quantitative estimate of drug-likeness (QED) is 0.389. The van der Waals surface area contributed by atoms with Gasteiger partial charge in [0, 0.05) is 18.7 Å². The topological polar surface area (TPSA) is 67.6 Å². The second-order valence-corrected chi connectivity index (χ2v) is 6.90. The first-order chi connectivity index (χ1) is 12.2. The van der Waals surface area contributed by atoms with Crippen LogP contribution >= 0.6 is 11.8 Å². The Labute approximate surface area is 153 Å². The summed E-state index contributed by atoms with van der Waals surface area (Å²) in [6.07, 6.45) is 7.50. The number of piperidine rings is 1. The van der Waals surface area contributed by atoms with Crippen LogP contribution in [0.25, 0.3) is 0 Å². The standard InChI is InChI=1S/C18H27N3O3S/c1-25-18(15-21(22)23)19-10-7-13-24-17-9-4-3-8-16(17)14-20-11-5-2-6-12-20/h3-4,8-9,15,19H,2,5-7,10-14H2,1H3. The number of likely N-dealkylation sites (tertiary alicyclic amines) is 1. The predicted octanol–water partition coefficient (Wildman–Crippen LogP) is 3.47. The first-order valence-corrected chi connectivity index (χ1v) is 9.98. The zero-order valence-electron chi connectivity index (χ0n) is 14.8. The van der Waals surface area contributed by atoms with E-state index in [2.05, 4.69) is 22.3 Å². The number of rotatable bonds is 10. The molecule has 0 spiro atoms. The summed E-state index contributed by atoms with van der Waals surface area (Å²) in [6, 6.07) is 8.21. The van der Waals surface area contributed by atoms with E-state index in [1.165, 1.54) is 49.7 Å². The molecule has 0 bridgehead atoms. The summed E-state index contributed by atoms with van der Waals surface area (Å²) >= 11 is 1.34. The van der Waals surface area contributed by atoms with E-state index < -0.39 is 4.92 Å². The maximum atomic E-state index is 10.5. The number of benzene rings is 1. The van der Waals surface area contributed by atoms with Crippen molar-refractivity contribution in [3.63, 3.8) is 0 Å². The second kappa shape index (κ2) is 11.0. The summed E-state index contributed by atoms with van der Waals surface area (Å²) in [5.41, 5.74) is 1.23. The van der Waals surface area contributed by atoms with Gasteiger partial charge in [0.15, 0.2) is 0 Å². The van der Waals surface area contributed by atoms with Crippen LogP contribution in [-0.2, 0) is 6.54 Å². The van der Waals surface area contributed by atoms with Crippen LogP contribution in [-0.4, -0.2) is 42.3 Å². The SMILES string of the molecule is CSC(=C[N+](=O)[O-])NCCCOc1ccccc1CN1CCCCC1. The lowest BCUT2D eigenvalue weighted by atomic mass is 10.1. The molecule has 0 aromatic heterocycles. The molecule has 1 aliphatic rings. The first-order valence-electron chi connectivity index (χ1n) is 8.75. The lowest BCUT2D eigenvalue weighted by molar-refractivity contribution is -0.403. The highest BCUT2D eigenvalue weighted by molar-refractivity contribution is 8.02. The van der Waals surface area contributed by atoms with Crippen molar-refractivity contribution in [3.05, 3.63) is 51.2 Å². The molecule has 1 fully saturated rings. The van der Waals surface area contributed by atoms with Gasteiger partial charge in [0.25, 0.3) is 6.20 Å². The first kappa shape index (κ1) is 19.6. The molecule has 1 saturated heterocycles. The van der Waals surface area contributed by atoms with Gasteiger partial charge in [0.2, 0.25) is 0 Å². The van der Waals surface area contributed by atoms with Crippen LogP contribution in [0.5, 0.6) is 5.75 Å². The summed E-state index contributed by atoms with van der Waals surface area (Å²) in [6.45, 7) is 4.51. The predicted molar refractivity (Wildman–Crippen MR) is 102 cm³/mol. The molecule has 25 heavy (non-hydrogen) atoms. The second-order valence-electron chi connectivity index (χ2n) is 6.06. The highest BCUT2D eigenvalue weighted by Crippen LogP contribution is 2.22. The van der Waals surface area contributed by atoms with Crippen molar-refractivity contribution in [3.8, 4) is 5.75 Å². The Morgan fingerprint density at radius 3 is 2.84 bits per heavy atom. The molecule has 0 radical (unpaired) electrons. The molecule has 138 valence electrons. The number of hydrogen-bond acceptors (Lipinski definition) is 6. The van der Waals surface area contributed by atoms with Gasteiger partial charge in [-0.3, -0.25) is 15.0 Å². The maximum Gasteiger partial charge on any atom is 0.263 e. The third-order valence-corrected chi connectivity index (χ3v) is 4.83. The number of thioether (sulfide) groups is 1.